The van der Waals surface area contributed by atoms with Crippen LogP contribution in [0.5, 0.6) is 0 Å². The quantitative estimate of drug-likeness (QED) is 0.871. The second kappa shape index (κ2) is 5.77. The van der Waals surface area contributed by atoms with E-state index in [1.54, 1.807) is 17.8 Å². The Morgan fingerprint density at radius 2 is 2.00 bits per heavy atom. The van der Waals surface area contributed by atoms with Crippen LogP contribution in [0.1, 0.15) is 18.2 Å². The van der Waals surface area contributed by atoms with Crippen molar-refractivity contribution < 1.29 is 0 Å². The van der Waals surface area contributed by atoms with Gasteiger partial charge < -0.3 is 4.98 Å². The van der Waals surface area contributed by atoms with Crippen molar-refractivity contribution in [2.24, 2.45) is 0 Å². The molecule has 0 aliphatic carbocycles. The predicted molar refractivity (Wildman–Crippen MR) is 78.4 cm³/mol. The fourth-order valence-electron chi connectivity index (χ4n) is 1.96. The van der Waals surface area contributed by atoms with Crippen molar-refractivity contribution in [3.8, 4) is 17.2 Å². The molecule has 2 aromatic rings. The number of benzene rings is 1. The third-order valence-electron chi connectivity index (χ3n) is 3.00. The average Bonchev–Trinajstić information content (AvgIpc) is 2.47. The molecule has 0 amide bonds. The molecule has 0 atom stereocenters. The van der Waals surface area contributed by atoms with Gasteiger partial charge in [-0.1, -0.05) is 19.1 Å². The van der Waals surface area contributed by atoms with Crippen molar-refractivity contribution in [3.05, 3.63) is 51.9 Å². The van der Waals surface area contributed by atoms with Crippen LogP contribution in [0.2, 0.25) is 0 Å². The molecule has 0 fully saturated rings. The molecule has 0 saturated heterocycles. The van der Waals surface area contributed by atoms with Crippen LogP contribution < -0.4 is 5.56 Å². The summed E-state index contributed by atoms with van der Waals surface area (Å²) in [5.74, 6) is 0. The van der Waals surface area contributed by atoms with Gasteiger partial charge in [0.25, 0.3) is 5.56 Å². The van der Waals surface area contributed by atoms with Crippen LogP contribution in [0.15, 0.2) is 40.0 Å². The zero-order chi connectivity index (χ0) is 13.8. The molecule has 0 saturated carbocycles. The first-order valence-corrected chi connectivity index (χ1v) is 7.22. The molecule has 19 heavy (non-hydrogen) atoms. The van der Waals surface area contributed by atoms with Crippen LogP contribution in [-0.4, -0.2) is 11.2 Å². The summed E-state index contributed by atoms with van der Waals surface area (Å²) in [6.45, 7) is 1.98. The minimum Gasteiger partial charge on any atom is -0.324 e. The Bertz CT molecular complexity index is 681. The number of H-pyrrole nitrogens is 1. The van der Waals surface area contributed by atoms with Gasteiger partial charge in [-0.25, -0.2) is 0 Å². The molecule has 1 N–H and O–H groups in total. The van der Waals surface area contributed by atoms with Crippen LogP contribution in [0.25, 0.3) is 11.1 Å². The molecule has 3 nitrogen and oxygen atoms in total. The number of nitrogens with zero attached hydrogens (tertiary/aromatic N) is 1. The summed E-state index contributed by atoms with van der Waals surface area (Å²) < 4.78 is 0. The second-order valence-electron chi connectivity index (χ2n) is 4.10. The zero-order valence-electron chi connectivity index (χ0n) is 10.9. The van der Waals surface area contributed by atoms with Gasteiger partial charge in [0.15, 0.2) is 0 Å². The summed E-state index contributed by atoms with van der Waals surface area (Å²) in [5.41, 5.74) is 2.64. The summed E-state index contributed by atoms with van der Waals surface area (Å²) in [6.07, 6.45) is 2.75. The lowest BCUT2D eigenvalue weighted by Crippen LogP contribution is -2.13. The highest BCUT2D eigenvalue weighted by molar-refractivity contribution is 7.98. The van der Waals surface area contributed by atoms with E-state index in [9.17, 15) is 4.79 Å². The molecular formula is C15H14N2OS. The van der Waals surface area contributed by atoms with E-state index in [4.69, 9.17) is 5.26 Å². The molecule has 0 radical (unpaired) electrons. The van der Waals surface area contributed by atoms with Gasteiger partial charge in [-0.2, -0.15) is 5.26 Å². The van der Waals surface area contributed by atoms with Crippen LogP contribution in [-0.2, 0) is 6.42 Å². The standard InChI is InChI=1S/C15H14N2OS/c1-3-14-13(8-11(9-16)15(18)17-14)10-4-6-12(19-2)7-5-10/h4-8H,3H2,1-2H3,(H,17,18). The number of aryl methyl sites for hydroxylation is 1. The average molecular weight is 270 g/mol. The van der Waals surface area contributed by atoms with Gasteiger partial charge in [0.1, 0.15) is 11.6 Å². The lowest BCUT2D eigenvalue weighted by molar-refractivity contribution is 1.01. The minimum absolute atomic E-state index is 0.154. The zero-order valence-corrected chi connectivity index (χ0v) is 11.7. The number of hydrogen-bond acceptors (Lipinski definition) is 3. The van der Waals surface area contributed by atoms with Gasteiger partial charge in [0.2, 0.25) is 0 Å². The van der Waals surface area contributed by atoms with Crippen LogP contribution >= 0.6 is 11.8 Å². The van der Waals surface area contributed by atoms with Crippen molar-refractivity contribution in [3.63, 3.8) is 0 Å². The third-order valence-corrected chi connectivity index (χ3v) is 3.74. The normalized spacial score (nSPS) is 10.2. The van der Waals surface area contributed by atoms with Crippen molar-refractivity contribution in [1.29, 1.82) is 5.26 Å². The summed E-state index contributed by atoms with van der Waals surface area (Å²) >= 11 is 1.68. The van der Waals surface area contributed by atoms with E-state index in [-0.39, 0.29) is 11.1 Å². The largest absolute Gasteiger partial charge is 0.324 e. The first kappa shape index (κ1) is 13.4. The molecule has 4 heteroatoms. The van der Waals surface area contributed by atoms with E-state index in [0.29, 0.717) is 0 Å². The van der Waals surface area contributed by atoms with Crippen LogP contribution in [0, 0.1) is 11.3 Å². The Kier molecular flexibility index (Phi) is 4.08. The smallest absolute Gasteiger partial charge is 0.266 e. The molecule has 0 unspecified atom stereocenters. The van der Waals surface area contributed by atoms with Crippen molar-refractivity contribution in [2.45, 2.75) is 18.2 Å². The highest BCUT2D eigenvalue weighted by Gasteiger charge is 2.09. The predicted octanol–water partition coefficient (Wildman–Crippen LogP) is 3.20. The fraction of sp³-hybridized carbons (Fsp3) is 0.200. The summed E-state index contributed by atoms with van der Waals surface area (Å²) in [5, 5.41) is 8.96. The van der Waals surface area contributed by atoms with Crippen molar-refractivity contribution in [1.82, 2.24) is 4.98 Å². The van der Waals surface area contributed by atoms with Gasteiger partial charge in [-0.05, 0) is 36.4 Å². The summed E-state index contributed by atoms with van der Waals surface area (Å²) in [4.78, 5) is 15.6. The number of nitrogens with one attached hydrogen (secondary N) is 1. The Morgan fingerprint density at radius 3 is 2.53 bits per heavy atom. The van der Waals surface area contributed by atoms with Crippen LogP contribution in [0.3, 0.4) is 0 Å². The van der Waals surface area contributed by atoms with E-state index < -0.39 is 0 Å². The molecule has 0 bridgehead atoms. The van der Waals surface area contributed by atoms with Gasteiger partial charge >= 0.3 is 0 Å². The van der Waals surface area contributed by atoms with E-state index in [2.05, 4.69) is 4.98 Å². The highest BCUT2D eigenvalue weighted by atomic mass is 32.2. The molecule has 96 valence electrons. The maximum absolute atomic E-state index is 11.6. The Morgan fingerprint density at radius 1 is 1.32 bits per heavy atom. The summed E-state index contributed by atoms with van der Waals surface area (Å²) in [7, 11) is 0. The van der Waals surface area contributed by atoms with Gasteiger partial charge in [0.05, 0.1) is 0 Å². The monoisotopic (exact) mass is 270 g/mol. The minimum atomic E-state index is -0.316. The lowest BCUT2D eigenvalue weighted by atomic mass is 10.0. The van der Waals surface area contributed by atoms with E-state index in [0.717, 1.165) is 23.2 Å². The molecule has 2 rings (SSSR count). The third kappa shape index (κ3) is 2.72. The topological polar surface area (TPSA) is 56.6 Å². The van der Waals surface area contributed by atoms with E-state index >= 15 is 0 Å². The molecular weight excluding hydrogens is 256 g/mol. The van der Waals surface area contributed by atoms with Crippen LogP contribution in [0.4, 0.5) is 0 Å². The number of aromatic nitrogens is 1. The first-order valence-electron chi connectivity index (χ1n) is 6.00. The number of aromatic amines is 1. The Hall–Kier alpha value is -1.99. The van der Waals surface area contributed by atoms with E-state index in [1.807, 2.05) is 43.5 Å². The number of rotatable bonds is 3. The number of hydrogen-bond donors (Lipinski definition) is 1. The van der Waals surface area contributed by atoms with Crippen molar-refractivity contribution in [2.75, 3.05) is 6.26 Å². The van der Waals surface area contributed by atoms with E-state index in [1.165, 1.54) is 4.90 Å². The second-order valence-corrected chi connectivity index (χ2v) is 4.98. The molecule has 1 aromatic heterocycles. The van der Waals surface area contributed by atoms with Crippen molar-refractivity contribution >= 4 is 11.8 Å². The fourth-order valence-corrected chi connectivity index (χ4v) is 2.37. The SMILES string of the molecule is CCc1[nH]c(=O)c(C#N)cc1-c1ccc(SC)cc1. The van der Waals surface area contributed by atoms with Gasteiger partial charge in [-0.15, -0.1) is 11.8 Å². The molecule has 0 aliphatic heterocycles. The first-order chi connectivity index (χ1) is 9.19. The highest BCUT2D eigenvalue weighted by Crippen LogP contribution is 2.25. The Labute approximate surface area is 116 Å². The Balaban J connectivity index is 2.59. The lowest BCUT2D eigenvalue weighted by Gasteiger charge is -2.09. The number of thioether (sulfide) groups is 1. The molecule has 0 spiro atoms. The maximum atomic E-state index is 11.6. The maximum Gasteiger partial charge on any atom is 0.266 e. The molecule has 1 aromatic carbocycles. The van der Waals surface area contributed by atoms with Gasteiger partial charge in [0, 0.05) is 16.2 Å². The molecule has 0 aliphatic rings. The van der Waals surface area contributed by atoms with Gasteiger partial charge in [-0.3, -0.25) is 4.79 Å². The molecule has 1 heterocycles. The number of pyridine rings is 1. The summed E-state index contributed by atoms with van der Waals surface area (Å²) in [6, 6.07) is 11.7. The number of nitriles is 1.